The quantitative estimate of drug-likeness (QED) is 0.504. The van der Waals surface area contributed by atoms with Crippen molar-refractivity contribution in [3.8, 4) is 22.5 Å². The standard InChI is InChI=1S/C23H27N7O/c1-12(2)15-9-8-14(10-25-15)16-19(29-31-20(16)13-6-7-13)18-17-21(24)26-11-27-22(17)30(28-18)23(3,4)5/h8-13H,6-7H2,1-5H3,(H2,24,26,27). The predicted molar refractivity (Wildman–Crippen MR) is 120 cm³/mol. The zero-order valence-corrected chi connectivity index (χ0v) is 18.5. The van der Waals surface area contributed by atoms with Crippen LogP contribution in [-0.4, -0.2) is 29.9 Å². The molecular formula is C23H27N7O. The van der Waals surface area contributed by atoms with Gasteiger partial charge in [-0.05, 0) is 45.6 Å². The molecule has 0 amide bonds. The highest BCUT2D eigenvalue weighted by Gasteiger charge is 2.35. The molecule has 8 nitrogen and oxygen atoms in total. The van der Waals surface area contributed by atoms with Crippen LogP contribution in [-0.2, 0) is 5.54 Å². The molecule has 0 unspecified atom stereocenters. The third-order valence-corrected chi connectivity index (χ3v) is 5.69. The lowest BCUT2D eigenvalue weighted by Crippen LogP contribution is -2.23. The van der Waals surface area contributed by atoms with Crippen molar-refractivity contribution in [1.29, 1.82) is 0 Å². The Kier molecular flexibility index (Phi) is 4.35. The van der Waals surface area contributed by atoms with Gasteiger partial charge in [0.15, 0.2) is 5.65 Å². The Morgan fingerprint density at radius 1 is 1.10 bits per heavy atom. The Bertz CT molecular complexity index is 1260. The lowest BCUT2D eigenvalue weighted by Gasteiger charge is -2.19. The highest BCUT2D eigenvalue weighted by molar-refractivity contribution is 6.00. The predicted octanol–water partition coefficient (Wildman–Crippen LogP) is 4.88. The average molecular weight is 418 g/mol. The number of aromatic nitrogens is 6. The number of fused-ring (bicyclic) bond motifs is 1. The minimum absolute atomic E-state index is 0.291. The second-order valence-corrected chi connectivity index (χ2v) is 9.56. The number of pyridine rings is 1. The third kappa shape index (κ3) is 3.26. The van der Waals surface area contributed by atoms with Crippen molar-refractivity contribution >= 4 is 16.9 Å². The molecule has 1 aliphatic carbocycles. The van der Waals surface area contributed by atoms with Gasteiger partial charge < -0.3 is 10.3 Å². The van der Waals surface area contributed by atoms with Crippen LogP contribution in [0.1, 0.15) is 70.8 Å². The molecule has 0 saturated heterocycles. The highest BCUT2D eigenvalue weighted by Crippen LogP contribution is 2.48. The molecule has 0 radical (unpaired) electrons. The van der Waals surface area contributed by atoms with Crippen LogP contribution < -0.4 is 5.73 Å². The summed E-state index contributed by atoms with van der Waals surface area (Å²) in [6.07, 6.45) is 5.57. The molecule has 1 fully saturated rings. The second-order valence-electron chi connectivity index (χ2n) is 9.56. The molecule has 8 heteroatoms. The van der Waals surface area contributed by atoms with E-state index >= 15 is 0 Å². The third-order valence-electron chi connectivity index (χ3n) is 5.69. The van der Waals surface area contributed by atoms with Gasteiger partial charge >= 0.3 is 0 Å². The number of hydrogen-bond acceptors (Lipinski definition) is 7. The summed E-state index contributed by atoms with van der Waals surface area (Å²) in [5.41, 5.74) is 11.0. The first-order valence-corrected chi connectivity index (χ1v) is 10.7. The molecule has 5 rings (SSSR count). The van der Waals surface area contributed by atoms with E-state index in [1.165, 1.54) is 6.33 Å². The lowest BCUT2D eigenvalue weighted by atomic mass is 9.99. The van der Waals surface area contributed by atoms with Gasteiger partial charge in [-0.15, -0.1) is 0 Å². The van der Waals surface area contributed by atoms with Gasteiger partial charge in [0.1, 0.15) is 29.3 Å². The van der Waals surface area contributed by atoms with Crippen LogP contribution >= 0.6 is 0 Å². The van der Waals surface area contributed by atoms with Crippen molar-refractivity contribution in [3.05, 3.63) is 36.1 Å². The first-order chi connectivity index (χ1) is 14.8. The number of anilines is 1. The number of nitrogens with zero attached hydrogens (tertiary/aromatic N) is 6. The summed E-state index contributed by atoms with van der Waals surface area (Å²) in [7, 11) is 0. The van der Waals surface area contributed by atoms with Crippen LogP contribution in [0.25, 0.3) is 33.5 Å². The Morgan fingerprint density at radius 3 is 2.48 bits per heavy atom. The zero-order valence-electron chi connectivity index (χ0n) is 18.5. The van der Waals surface area contributed by atoms with E-state index in [4.69, 9.17) is 15.4 Å². The number of nitrogens with two attached hydrogens (primary N) is 1. The SMILES string of the molecule is CC(C)c1ccc(-c2c(-c3nn(C(C)(C)C)c4ncnc(N)c34)noc2C2CC2)cn1. The van der Waals surface area contributed by atoms with Crippen molar-refractivity contribution in [2.24, 2.45) is 0 Å². The van der Waals surface area contributed by atoms with Gasteiger partial charge in [-0.2, -0.15) is 5.10 Å². The summed E-state index contributed by atoms with van der Waals surface area (Å²) in [4.78, 5) is 13.4. The van der Waals surface area contributed by atoms with Crippen LogP contribution in [0.15, 0.2) is 29.2 Å². The monoisotopic (exact) mass is 417 g/mol. The summed E-state index contributed by atoms with van der Waals surface area (Å²) >= 11 is 0. The summed E-state index contributed by atoms with van der Waals surface area (Å²) in [6, 6.07) is 4.16. The molecule has 2 N–H and O–H groups in total. The van der Waals surface area contributed by atoms with Crippen LogP contribution in [0.5, 0.6) is 0 Å². The fourth-order valence-corrected chi connectivity index (χ4v) is 3.87. The second kappa shape index (κ2) is 6.87. The van der Waals surface area contributed by atoms with E-state index in [0.717, 1.165) is 35.4 Å². The smallest absolute Gasteiger partial charge is 0.164 e. The van der Waals surface area contributed by atoms with Crippen LogP contribution in [0.3, 0.4) is 0 Å². The molecule has 31 heavy (non-hydrogen) atoms. The first kappa shape index (κ1) is 19.7. The van der Waals surface area contributed by atoms with Crippen molar-refractivity contribution in [2.45, 2.75) is 64.8 Å². The molecule has 0 aliphatic heterocycles. The van der Waals surface area contributed by atoms with Gasteiger partial charge in [0.25, 0.3) is 0 Å². The van der Waals surface area contributed by atoms with E-state index in [0.29, 0.717) is 40.1 Å². The molecule has 0 aromatic carbocycles. The van der Waals surface area contributed by atoms with E-state index in [9.17, 15) is 0 Å². The lowest BCUT2D eigenvalue weighted by molar-refractivity contribution is 0.365. The van der Waals surface area contributed by atoms with Gasteiger partial charge in [0, 0.05) is 23.4 Å². The molecule has 4 aromatic rings. The first-order valence-electron chi connectivity index (χ1n) is 10.7. The number of hydrogen-bond donors (Lipinski definition) is 1. The van der Waals surface area contributed by atoms with Crippen molar-refractivity contribution in [1.82, 2.24) is 29.9 Å². The van der Waals surface area contributed by atoms with E-state index in [2.05, 4.69) is 66.9 Å². The maximum Gasteiger partial charge on any atom is 0.164 e. The minimum atomic E-state index is -0.291. The van der Waals surface area contributed by atoms with E-state index < -0.39 is 0 Å². The molecule has 0 atom stereocenters. The fraction of sp³-hybridized carbons (Fsp3) is 0.435. The summed E-state index contributed by atoms with van der Waals surface area (Å²) in [5, 5.41) is 10.1. The van der Waals surface area contributed by atoms with Crippen molar-refractivity contribution < 1.29 is 4.52 Å². The van der Waals surface area contributed by atoms with E-state index in [1.807, 2.05) is 10.9 Å². The summed E-state index contributed by atoms with van der Waals surface area (Å²) in [6.45, 7) is 10.5. The fourth-order valence-electron chi connectivity index (χ4n) is 3.87. The Morgan fingerprint density at radius 2 is 1.87 bits per heavy atom. The van der Waals surface area contributed by atoms with Crippen LogP contribution in [0.2, 0.25) is 0 Å². The Balaban J connectivity index is 1.77. The maximum atomic E-state index is 6.30. The molecule has 160 valence electrons. The van der Waals surface area contributed by atoms with Gasteiger partial charge in [0.05, 0.1) is 16.5 Å². The van der Waals surface area contributed by atoms with Crippen molar-refractivity contribution in [2.75, 3.05) is 5.73 Å². The highest BCUT2D eigenvalue weighted by atomic mass is 16.5. The number of nitrogen functional groups attached to an aromatic ring is 1. The molecule has 1 saturated carbocycles. The van der Waals surface area contributed by atoms with E-state index in [-0.39, 0.29) is 5.54 Å². The molecule has 0 bridgehead atoms. The van der Waals surface area contributed by atoms with Crippen LogP contribution in [0.4, 0.5) is 5.82 Å². The molecule has 1 aliphatic rings. The largest absolute Gasteiger partial charge is 0.383 e. The van der Waals surface area contributed by atoms with E-state index in [1.54, 1.807) is 0 Å². The van der Waals surface area contributed by atoms with Gasteiger partial charge in [-0.3, -0.25) is 4.98 Å². The summed E-state index contributed by atoms with van der Waals surface area (Å²) < 4.78 is 7.76. The summed E-state index contributed by atoms with van der Waals surface area (Å²) in [5.74, 6) is 2.02. The normalized spacial score (nSPS) is 14.6. The maximum absolute atomic E-state index is 6.30. The molecular weight excluding hydrogens is 390 g/mol. The van der Waals surface area contributed by atoms with Gasteiger partial charge in [-0.1, -0.05) is 25.1 Å². The van der Waals surface area contributed by atoms with Gasteiger partial charge in [0.2, 0.25) is 0 Å². The zero-order chi connectivity index (χ0) is 21.9. The molecule has 4 aromatic heterocycles. The minimum Gasteiger partial charge on any atom is -0.383 e. The van der Waals surface area contributed by atoms with Crippen LogP contribution in [0, 0.1) is 0 Å². The topological polar surface area (TPSA) is 109 Å². The van der Waals surface area contributed by atoms with Gasteiger partial charge in [-0.25, -0.2) is 14.6 Å². The molecule has 0 spiro atoms. The molecule has 4 heterocycles. The average Bonchev–Trinajstić information content (AvgIpc) is 3.33. The van der Waals surface area contributed by atoms with Crippen molar-refractivity contribution in [3.63, 3.8) is 0 Å². The Hall–Kier alpha value is -3.29. The Labute approximate surface area is 180 Å². The number of rotatable bonds is 4.